The number of likely N-dealkylation sites (N-methyl/N-ethyl adjacent to an activating group) is 1. The Morgan fingerprint density at radius 2 is 2.00 bits per heavy atom. The smallest absolute Gasteiger partial charge is 0.223 e. The van der Waals surface area contributed by atoms with Crippen LogP contribution >= 0.6 is 0 Å². The highest BCUT2D eigenvalue weighted by molar-refractivity contribution is 5.78. The summed E-state index contributed by atoms with van der Waals surface area (Å²) in [5.41, 5.74) is -0.110. The average Bonchev–Trinajstić information content (AvgIpc) is 2.35. The van der Waals surface area contributed by atoms with E-state index in [1.54, 1.807) is 0 Å². The van der Waals surface area contributed by atoms with Crippen LogP contribution < -0.4 is 5.32 Å². The van der Waals surface area contributed by atoms with Gasteiger partial charge in [0.15, 0.2) is 0 Å². The summed E-state index contributed by atoms with van der Waals surface area (Å²) in [6, 6.07) is 0. The van der Waals surface area contributed by atoms with Crippen LogP contribution in [-0.4, -0.2) is 48.7 Å². The van der Waals surface area contributed by atoms with E-state index in [4.69, 9.17) is 0 Å². The number of hydrogen-bond acceptors (Lipinski definition) is 3. The van der Waals surface area contributed by atoms with Gasteiger partial charge in [-0.05, 0) is 46.2 Å². The topological polar surface area (TPSA) is 52.6 Å². The number of hydrogen-bond donors (Lipinski definition) is 2. The van der Waals surface area contributed by atoms with Gasteiger partial charge in [-0.15, -0.1) is 0 Å². The standard InChI is InChI=1S/C13H26N2O2/c1-4-9-14-12(17)11-5-7-13(10-16,8-6-11)15(2)3/h11,16H,4-10H2,1-3H3,(H,14,17). The average molecular weight is 242 g/mol. The minimum Gasteiger partial charge on any atom is -0.394 e. The number of rotatable bonds is 5. The van der Waals surface area contributed by atoms with E-state index >= 15 is 0 Å². The lowest BCUT2D eigenvalue weighted by Gasteiger charge is -2.43. The van der Waals surface area contributed by atoms with Crippen LogP contribution in [0, 0.1) is 5.92 Å². The molecule has 0 saturated heterocycles. The van der Waals surface area contributed by atoms with E-state index in [1.807, 2.05) is 14.1 Å². The third-order valence-electron chi connectivity index (χ3n) is 4.08. The maximum absolute atomic E-state index is 11.8. The van der Waals surface area contributed by atoms with Gasteiger partial charge in [0.1, 0.15) is 0 Å². The van der Waals surface area contributed by atoms with Gasteiger partial charge in [-0.25, -0.2) is 0 Å². The predicted molar refractivity (Wildman–Crippen MR) is 68.8 cm³/mol. The van der Waals surface area contributed by atoms with Crippen LogP contribution in [0.25, 0.3) is 0 Å². The third kappa shape index (κ3) is 3.42. The van der Waals surface area contributed by atoms with Crippen molar-refractivity contribution in [1.29, 1.82) is 0 Å². The monoisotopic (exact) mass is 242 g/mol. The molecular formula is C13H26N2O2. The normalized spacial score (nSPS) is 29.4. The predicted octanol–water partition coefficient (Wildman–Crippen LogP) is 0.995. The van der Waals surface area contributed by atoms with Crippen molar-refractivity contribution in [3.05, 3.63) is 0 Å². The zero-order chi connectivity index (χ0) is 12.9. The number of amides is 1. The van der Waals surface area contributed by atoms with Gasteiger partial charge in [0.05, 0.1) is 6.61 Å². The summed E-state index contributed by atoms with van der Waals surface area (Å²) in [5.74, 6) is 0.332. The summed E-state index contributed by atoms with van der Waals surface area (Å²) < 4.78 is 0. The lowest BCUT2D eigenvalue weighted by molar-refractivity contribution is -0.127. The molecule has 0 heterocycles. The molecule has 1 rings (SSSR count). The first-order valence-electron chi connectivity index (χ1n) is 6.61. The van der Waals surface area contributed by atoms with Crippen molar-refractivity contribution in [2.45, 2.75) is 44.6 Å². The molecule has 2 N–H and O–H groups in total. The number of carbonyl (C=O) groups excluding carboxylic acids is 1. The van der Waals surface area contributed by atoms with E-state index in [0.717, 1.165) is 38.6 Å². The molecule has 1 aliphatic carbocycles. The third-order valence-corrected chi connectivity index (χ3v) is 4.08. The Morgan fingerprint density at radius 3 is 2.41 bits per heavy atom. The molecule has 100 valence electrons. The number of nitrogens with zero attached hydrogens (tertiary/aromatic N) is 1. The zero-order valence-electron chi connectivity index (χ0n) is 11.3. The molecule has 0 radical (unpaired) electrons. The molecular weight excluding hydrogens is 216 g/mol. The number of aliphatic hydroxyl groups excluding tert-OH is 1. The lowest BCUT2D eigenvalue weighted by atomic mass is 9.76. The summed E-state index contributed by atoms with van der Waals surface area (Å²) in [4.78, 5) is 13.9. The fourth-order valence-electron chi connectivity index (χ4n) is 2.56. The molecule has 0 aromatic heterocycles. The van der Waals surface area contributed by atoms with Crippen molar-refractivity contribution in [3.63, 3.8) is 0 Å². The largest absolute Gasteiger partial charge is 0.394 e. The molecule has 1 aliphatic rings. The molecule has 0 aliphatic heterocycles. The molecule has 17 heavy (non-hydrogen) atoms. The van der Waals surface area contributed by atoms with Crippen molar-refractivity contribution in [3.8, 4) is 0 Å². The molecule has 1 saturated carbocycles. The van der Waals surface area contributed by atoms with E-state index in [1.165, 1.54) is 0 Å². The van der Waals surface area contributed by atoms with E-state index in [0.29, 0.717) is 0 Å². The van der Waals surface area contributed by atoms with Crippen molar-refractivity contribution < 1.29 is 9.90 Å². The van der Waals surface area contributed by atoms with Crippen molar-refractivity contribution >= 4 is 5.91 Å². The first kappa shape index (κ1) is 14.5. The van der Waals surface area contributed by atoms with Crippen LogP contribution in [-0.2, 0) is 4.79 Å². The van der Waals surface area contributed by atoms with Gasteiger partial charge in [-0.1, -0.05) is 6.92 Å². The Kier molecular flexibility index (Phi) is 5.40. The molecule has 0 bridgehead atoms. The van der Waals surface area contributed by atoms with Crippen molar-refractivity contribution in [2.75, 3.05) is 27.2 Å². The number of nitrogens with one attached hydrogen (secondary N) is 1. The van der Waals surface area contributed by atoms with E-state index in [9.17, 15) is 9.90 Å². The highest BCUT2D eigenvalue weighted by atomic mass is 16.3. The molecule has 0 aromatic rings. The van der Waals surface area contributed by atoms with Gasteiger partial charge < -0.3 is 15.3 Å². The Balaban J connectivity index is 2.47. The molecule has 0 unspecified atom stereocenters. The Labute approximate surface area is 104 Å². The summed E-state index contributed by atoms with van der Waals surface area (Å²) >= 11 is 0. The maximum Gasteiger partial charge on any atom is 0.223 e. The second kappa shape index (κ2) is 6.36. The fourth-order valence-corrected chi connectivity index (χ4v) is 2.56. The Morgan fingerprint density at radius 1 is 1.41 bits per heavy atom. The van der Waals surface area contributed by atoms with Gasteiger partial charge in [0.25, 0.3) is 0 Å². The maximum atomic E-state index is 11.8. The van der Waals surface area contributed by atoms with Crippen LogP contribution in [0.3, 0.4) is 0 Å². The molecule has 1 amide bonds. The second-order valence-electron chi connectivity index (χ2n) is 5.34. The van der Waals surface area contributed by atoms with Crippen LogP contribution in [0.1, 0.15) is 39.0 Å². The molecule has 4 nitrogen and oxygen atoms in total. The first-order valence-corrected chi connectivity index (χ1v) is 6.61. The second-order valence-corrected chi connectivity index (χ2v) is 5.34. The SMILES string of the molecule is CCCNC(=O)C1CCC(CO)(N(C)C)CC1. The molecule has 0 aromatic carbocycles. The molecule has 0 spiro atoms. The quantitative estimate of drug-likeness (QED) is 0.756. The Hall–Kier alpha value is -0.610. The molecule has 0 atom stereocenters. The summed E-state index contributed by atoms with van der Waals surface area (Å²) in [7, 11) is 4.02. The van der Waals surface area contributed by atoms with Crippen LogP contribution in [0.5, 0.6) is 0 Å². The lowest BCUT2D eigenvalue weighted by Crippen LogP contribution is -2.51. The van der Waals surface area contributed by atoms with E-state index in [-0.39, 0.29) is 24.0 Å². The van der Waals surface area contributed by atoms with Crippen LogP contribution in [0.2, 0.25) is 0 Å². The van der Waals surface area contributed by atoms with Crippen LogP contribution in [0.15, 0.2) is 0 Å². The highest BCUT2D eigenvalue weighted by Crippen LogP contribution is 2.35. The van der Waals surface area contributed by atoms with E-state index < -0.39 is 0 Å². The van der Waals surface area contributed by atoms with Gasteiger partial charge in [0.2, 0.25) is 5.91 Å². The highest BCUT2D eigenvalue weighted by Gasteiger charge is 2.38. The van der Waals surface area contributed by atoms with Crippen molar-refractivity contribution in [1.82, 2.24) is 10.2 Å². The zero-order valence-corrected chi connectivity index (χ0v) is 11.3. The number of carbonyl (C=O) groups is 1. The summed E-state index contributed by atoms with van der Waals surface area (Å²) in [5, 5.41) is 12.5. The van der Waals surface area contributed by atoms with E-state index in [2.05, 4.69) is 17.1 Å². The van der Waals surface area contributed by atoms with Gasteiger partial charge in [-0.3, -0.25) is 4.79 Å². The van der Waals surface area contributed by atoms with Crippen molar-refractivity contribution in [2.24, 2.45) is 5.92 Å². The Bertz CT molecular complexity index is 246. The van der Waals surface area contributed by atoms with Gasteiger partial charge >= 0.3 is 0 Å². The minimum absolute atomic E-state index is 0.110. The summed E-state index contributed by atoms with van der Waals surface area (Å²) in [6.07, 6.45) is 4.56. The van der Waals surface area contributed by atoms with Crippen LogP contribution in [0.4, 0.5) is 0 Å². The van der Waals surface area contributed by atoms with Gasteiger partial charge in [0, 0.05) is 18.0 Å². The minimum atomic E-state index is -0.110. The number of aliphatic hydroxyl groups is 1. The summed E-state index contributed by atoms with van der Waals surface area (Å²) in [6.45, 7) is 3.02. The molecule has 1 fully saturated rings. The van der Waals surface area contributed by atoms with Gasteiger partial charge in [-0.2, -0.15) is 0 Å². The molecule has 4 heteroatoms. The fraction of sp³-hybridized carbons (Fsp3) is 0.923. The first-order chi connectivity index (χ1) is 8.05.